The van der Waals surface area contributed by atoms with Gasteiger partial charge in [0.1, 0.15) is 6.04 Å². The topological polar surface area (TPSA) is 116 Å². The first-order valence-corrected chi connectivity index (χ1v) is 7.28. The highest BCUT2D eigenvalue weighted by atomic mass is 16.4. The normalized spacial score (nSPS) is 20.9. The van der Waals surface area contributed by atoms with E-state index in [1.54, 1.807) is 4.90 Å². The Hall–Kier alpha value is -1.83. The van der Waals surface area contributed by atoms with Gasteiger partial charge in [-0.3, -0.25) is 9.69 Å². The Bertz CT molecular complexity index is 416. The lowest BCUT2D eigenvalue weighted by molar-refractivity contribution is -0.139. The molecular formula is C13H22N4O4. The number of carboxylic acid groups (broad SMARTS) is 1. The molecule has 1 heterocycles. The molecule has 21 heavy (non-hydrogen) atoms. The Labute approximate surface area is 123 Å². The maximum absolute atomic E-state index is 12.1. The highest BCUT2D eigenvalue weighted by molar-refractivity contribution is 5.83. The van der Waals surface area contributed by atoms with E-state index in [1.807, 2.05) is 0 Å². The van der Waals surface area contributed by atoms with Gasteiger partial charge in [0, 0.05) is 38.6 Å². The number of urea groups is 1. The van der Waals surface area contributed by atoms with Crippen LogP contribution in [0.15, 0.2) is 0 Å². The molecule has 0 aromatic carbocycles. The Morgan fingerprint density at radius 3 is 2.29 bits per heavy atom. The summed E-state index contributed by atoms with van der Waals surface area (Å²) in [6.45, 7) is 2.86. The predicted octanol–water partition coefficient (Wildman–Crippen LogP) is -0.805. The van der Waals surface area contributed by atoms with Gasteiger partial charge in [0.05, 0.1) is 0 Å². The summed E-state index contributed by atoms with van der Waals surface area (Å²) in [4.78, 5) is 37.9. The van der Waals surface area contributed by atoms with Crippen LogP contribution in [-0.2, 0) is 9.59 Å². The van der Waals surface area contributed by atoms with Crippen LogP contribution in [0.3, 0.4) is 0 Å². The van der Waals surface area contributed by atoms with Crippen molar-refractivity contribution in [3.63, 3.8) is 0 Å². The van der Waals surface area contributed by atoms with E-state index in [2.05, 4.69) is 10.2 Å². The molecule has 118 valence electrons. The average Bonchev–Trinajstić information content (AvgIpc) is 3.27. The number of rotatable bonds is 6. The van der Waals surface area contributed by atoms with Gasteiger partial charge in [-0.2, -0.15) is 0 Å². The molecule has 2 fully saturated rings. The lowest BCUT2D eigenvalue weighted by Crippen LogP contribution is -2.55. The SMILES string of the molecule is NC(=O)CCC(NC(=O)N1CCN(C2CC2)CC1)C(=O)O. The van der Waals surface area contributed by atoms with Crippen molar-refractivity contribution in [2.24, 2.45) is 5.73 Å². The lowest BCUT2D eigenvalue weighted by Gasteiger charge is -2.35. The van der Waals surface area contributed by atoms with E-state index in [0.717, 1.165) is 13.1 Å². The van der Waals surface area contributed by atoms with E-state index in [0.29, 0.717) is 19.1 Å². The van der Waals surface area contributed by atoms with Crippen LogP contribution < -0.4 is 11.1 Å². The summed E-state index contributed by atoms with van der Waals surface area (Å²) in [5, 5.41) is 11.5. The monoisotopic (exact) mass is 298 g/mol. The van der Waals surface area contributed by atoms with Gasteiger partial charge in [0.15, 0.2) is 0 Å². The third-order valence-corrected chi connectivity index (χ3v) is 3.94. The third-order valence-electron chi connectivity index (χ3n) is 3.94. The van der Waals surface area contributed by atoms with Gasteiger partial charge in [0.25, 0.3) is 0 Å². The van der Waals surface area contributed by atoms with Crippen molar-refractivity contribution in [1.82, 2.24) is 15.1 Å². The molecule has 1 saturated carbocycles. The Kier molecular flexibility index (Phi) is 5.00. The molecule has 8 nitrogen and oxygen atoms in total. The molecule has 0 aromatic rings. The van der Waals surface area contributed by atoms with Crippen LogP contribution in [0.2, 0.25) is 0 Å². The Morgan fingerprint density at radius 2 is 1.81 bits per heavy atom. The molecule has 1 aliphatic carbocycles. The molecule has 3 amide bonds. The molecule has 1 atom stereocenters. The van der Waals surface area contributed by atoms with Gasteiger partial charge < -0.3 is 21.1 Å². The van der Waals surface area contributed by atoms with E-state index in [4.69, 9.17) is 10.8 Å². The standard InChI is InChI=1S/C13H22N4O4/c14-11(18)4-3-10(12(19)20)15-13(21)17-7-5-16(6-8-17)9-1-2-9/h9-10H,1-8H2,(H2,14,18)(H,15,21)(H,19,20). The third kappa shape index (κ3) is 4.59. The van der Waals surface area contributed by atoms with Gasteiger partial charge in [-0.15, -0.1) is 0 Å². The fourth-order valence-electron chi connectivity index (χ4n) is 2.51. The second kappa shape index (κ2) is 6.75. The molecule has 1 aliphatic heterocycles. The smallest absolute Gasteiger partial charge is 0.326 e. The summed E-state index contributed by atoms with van der Waals surface area (Å²) >= 11 is 0. The molecule has 0 spiro atoms. The predicted molar refractivity (Wildman–Crippen MR) is 74.6 cm³/mol. The first-order valence-electron chi connectivity index (χ1n) is 7.28. The number of primary amides is 1. The zero-order valence-electron chi connectivity index (χ0n) is 12.0. The molecule has 8 heteroatoms. The second-order valence-corrected chi connectivity index (χ2v) is 5.60. The van der Waals surface area contributed by atoms with Crippen molar-refractivity contribution in [2.75, 3.05) is 26.2 Å². The summed E-state index contributed by atoms with van der Waals surface area (Å²) in [6.07, 6.45) is 2.42. The van der Waals surface area contributed by atoms with E-state index < -0.39 is 17.9 Å². The molecule has 1 unspecified atom stereocenters. The van der Waals surface area contributed by atoms with Gasteiger partial charge >= 0.3 is 12.0 Å². The van der Waals surface area contributed by atoms with Crippen LogP contribution in [0, 0.1) is 0 Å². The number of aliphatic carboxylic acids is 1. The maximum atomic E-state index is 12.1. The van der Waals surface area contributed by atoms with Crippen LogP contribution in [0.5, 0.6) is 0 Å². The largest absolute Gasteiger partial charge is 0.480 e. The first-order chi connectivity index (χ1) is 9.97. The number of carbonyl (C=O) groups is 3. The molecular weight excluding hydrogens is 276 g/mol. The number of hydrogen-bond acceptors (Lipinski definition) is 4. The number of hydrogen-bond donors (Lipinski definition) is 3. The van der Waals surface area contributed by atoms with Crippen molar-refractivity contribution >= 4 is 17.9 Å². The number of amides is 3. The maximum Gasteiger partial charge on any atom is 0.326 e. The number of nitrogens with two attached hydrogens (primary N) is 1. The number of carboxylic acids is 1. The van der Waals surface area contributed by atoms with Crippen molar-refractivity contribution in [3.8, 4) is 0 Å². The molecule has 4 N–H and O–H groups in total. The van der Waals surface area contributed by atoms with Crippen molar-refractivity contribution < 1.29 is 19.5 Å². The summed E-state index contributed by atoms with van der Waals surface area (Å²) in [5.41, 5.74) is 5.00. The minimum absolute atomic E-state index is 0.0123. The van der Waals surface area contributed by atoms with E-state index in [9.17, 15) is 14.4 Å². The highest BCUT2D eigenvalue weighted by Gasteiger charge is 2.33. The lowest BCUT2D eigenvalue weighted by atomic mass is 10.1. The summed E-state index contributed by atoms with van der Waals surface area (Å²) in [5.74, 6) is -1.73. The minimum atomic E-state index is -1.15. The molecule has 2 rings (SSSR count). The van der Waals surface area contributed by atoms with E-state index in [1.165, 1.54) is 12.8 Å². The molecule has 1 saturated heterocycles. The van der Waals surface area contributed by atoms with Crippen LogP contribution >= 0.6 is 0 Å². The van der Waals surface area contributed by atoms with Crippen LogP contribution in [0.4, 0.5) is 4.79 Å². The Balaban J connectivity index is 1.78. The van der Waals surface area contributed by atoms with Gasteiger partial charge in [-0.25, -0.2) is 9.59 Å². The van der Waals surface area contributed by atoms with E-state index >= 15 is 0 Å². The molecule has 2 aliphatic rings. The van der Waals surface area contributed by atoms with Crippen molar-refractivity contribution in [3.05, 3.63) is 0 Å². The highest BCUT2D eigenvalue weighted by Crippen LogP contribution is 2.27. The average molecular weight is 298 g/mol. The Morgan fingerprint density at radius 1 is 1.19 bits per heavy atom. The van der Waals surface area contributed by atoms with Gasteiger partial charge in [0.2, 0.25) is 5.91 Å². The van der Waals surface area contributed by atoms with E-state index in [-0.39, 0.29) is 18.9 Å². The van der Waals surface area contributed by atoms with Crippen LogP contribution in [0.25, 0.3) is 0 Å². The first kappa shape index (κ1) is 15.6. The van der Waals surface area contributed by atoms with Crippen LogP contribution in [0.1, 0.15) is 25.7 Å². The number of nitrogens with zero attached hydrogens (tertiary/aromatic N) is 2. The van der Waals surface area contributed by atoms with Crippen molar-refractivity contribution in [1.29, 1.82) is 0 Å². The fraction of sp³-hybridized carbons (Fsp3) is 0.769. The van der Waals surface area contributed by atoms with Gasteiger partial charge in [-0.1, -0.05) is 0 Å². The second-order valence-electron chi connectivity index (χ2n) is 5.60. The quantitative estimate of drug-likeness (QED) is 0.593. The van der Waals surface area contributed by atoms with Gasteiger partial charge in [-0.05, 0) is 19.3 Å². The van der Waals surface area contributed by atoms with Crippen LogP contribution in [-0.4, -0.2) is 71.1 Å². The summed E-state index contributed by atoms with van der Waals surface area (Å²) in [7, 11) is 0. The number of nitrogens with one attached hydrogen (secondary N) is 1. The zero-order chi connectivity index (χ0) is 15.4. The number of carbonyl (C=O) groups excluding carboxylic acids is 2. The summed E-state index contributed by atoms with van der Waals surface area (Å²) in [6, 6.07) is -0.786. The minimum Gasteiger partial charge on any atom is -0.480 e. The fourth-order valence-corrected chi connectivity index (χ4v) is 2.51. The summed E-state index contributed by atoms with van der Waals surface area (Å²) < 4.78 is 0. The van der Waals surface area contributed by atoms with Crippen molar-refractivity contribution in [2.45, 2.75) is 37.8 Å². The molecule has 0 bridgehead atoms. The number of piperazine rings is 1. The zero-order valence-corrected chi connectivity index (χ0v) is 12.0. The molecule has 0 radical (unpaired) electrons. The molecule has 0 aromatic heterocycles.